The molecule has 1 aromatic carbocycles. The lowest BCUT2D eigenvalue weighted by Crippen LogP contribution is -2.60. The minimum atomic E-state index is -0.906. The van der Waals surface area contributed by atoms with E-state index in [0.717, 1.165) is 49.7 Å². The number of benzene rings is 1. The van der Waals surface area contributed by atoms with E-state index in [9.17, 15) is 19.5 Å². The number of cyclic esters (lactones) is 1. The zero-order chi connectivity index (χ0) is 40.1. The van der Waals surface area contributed by atoms with Gasteiger partial charge in [0, 0.05) is 71.6 Å². The number of carbonyl (C=O) groups excluding carboxylic acids is 3. The monoisotopic (exact) mass is 784 g/mol. The molecule has 1 saturated heterocycles. The first-order valence-electron chi connectivity index (χ1n) is 19.9. The van der Waals surface area contributed by atoms with Crippen LogP contribution in [0.4, 0.5) is 0 Å². The topological polar surface area (TPSA) is 148 Å². The molecular formula is C43H56N6O6S. The van der Waals surface area contributed by atoms with Crippen molar-refractivity contribution in [1.29, 1.82) is 0 Å². The van der Waals surface area contributed by atoms with E-state index in [1.54, 1.807) is 13.3 Å². The molecule has 3 N–H and O–H groups in total. The van der Waals surface area contributed by atoms with Gasteiger partial charge < -0.3 is 24.5 Å². The van der Waals surface area contributed by atoms with Crippen LogP contribution in [0.15, 0.2) is 41.9 Å². The summed E-state index contributed by atoms with van der Waals surface area (Å²) in [7, 11) is 1.68. The van der Waals surface area contributed by atoms with Crippen molar-refractivity contribution in [3.05, 3.63) is 58.2 Å². The molecule has 13 heteroatoms. The Kier molecular flexibility index (Phi) is 11.2. The number of hydrazine groups is 1. The van der Waals surface area contributed by atoms with E-state index in [1.165, 1.54) is 16.3 Å². The largest absolute Gasteiger partial charge is 0.464 e. The molecule has 0 spiro atoms. The SMILES string of the molecule is CO[C@@H](C)c1ncccc1-c1c2c3cc(ccc3n1CCC(C)(C)O)-c1csc(n1)C[C@H](NC(=O)[C@H]1[C@H](C)[C@@H]1C)C(=O)N1CCC[C@H](N1)C(=O)OCC(C)(C)C2. The van der Waals surface area contributed by atoms with Gasteiger partial charge in [0.25, 0.3) is 5.91 Å². The summed E-state index contributed by atoms with van der Waals surface area (Å²) < 4.78 is 14.2. The third-order valence-corrected chi connectivity index (χ3v) is 12.8. The van der Waals surface area contributed by atoms with Crippen LogP contribution >= 0.6 is 11.3 Å². The van der Waals surface area contributed by atoms with Gasteiger partial charge in [-0.2, -0.15) is 0 Å². The highest BCUT2D eigenvalue weighted by Gasteiger charge is 2.49. The molecule has 1 aliphatic carbocycles. The fourth-order valence-corrected chi connectivity index (χ4v) is 9.11. The van der Waals surface area contributed by atoms with Crippen LogP contribution in [0.25, 0.3) is 33.4 Å². The van der Waals surface area contributed by atoms with Crippen LogP contribution in [-0.2, 0) is 43.2 Å². The number of esters is 1. The normalized spacial score (nSPS) is 24.7. The second-order valence-electron chi connectivity index (χ2n) is 17.5. The molecule has 6 bridgehead atoms. The first kappa shape index (κ1) is 40.0. The Balaban J connectivity index is 1.38. The highest BCUT2D eigenvalue weighted by atomic mass is 32.1. The Morgan fingerprint density at radius 1 is 1.21 bits per heavy atom. The Morgan fingerprint density at radius 2 is 1.98 bits per heavy atom. The molecule has 5 heterocycles. The van der Waals surface area contributed by atoms with Gasteiger partial charge in [0.2, 0.25) is 5.91 Å². The molecule has 300 valence electrons. The molecule has 3 aromatic heterocycles. The highest BCUT2D eigenvalue weighted by Crippen LogP contribution is 2.46. The fourth-order valence-electron chi connectivity index (χ4n) is 8.26. The Labute approximate surface area is 333 Å². The van der Waals surface area contributed by atoms with Crippen LogP contribution in [0.2, 0.25) is 0 Å². The minimum Gasteiger partial charge on any atom is -0.464 e. The Hall–Kier alpha value is -4.17. The predicted octanol–water partition coefficient (Wildman–Crippen LogP) is 6.25. The van der Waals surface area contributed by atoms with Crippen LogP contribution in [0.1, 0.15) is 90.1 Å². The summed E-state index contributed by atoms with van der Waals surface area (Å²) in [6.07, 6.45) is 3.93. The third kappa shape index (κ3) is 8.27. The van der Waals surface area contributed by atoms with Gasteiger partial charge >= 0.3 is 5.97 Å². The van der Waals surface area contributed by atoms with Gasteiger partial charge in [0.15, 0.2) is 0 Å². The van der Waals surface area contributed by atoms with Crippen molar-refractivity contribution in [3.63, 3.8) is 0 Å². The molecule has 3 aliphatic rings. The highest BCUT2D eigenvalue weighted by molar-refractivity contribution is 7.10. The number of rotatable bonds is 8. The van der Waals surface area contributed by atoms with Gasteiger partial charge in [0.1, 0.15) is 12.1 Å². The van der Waals surface area contributed by atoms with Gasteiger partial charge in [0.05, 0.1) is 40.4 Å². The number of aryl methyl sites for hydroxylation is 1. The van der Waals surface area contributed by atoms with E-state index in [2.05, 4.69) is 67.3 Å². The summed E-state index contributed by atoms with van der Waals surface area (Å²) in [6.45, 7) is 15.0. The molecule has 0 unspecified atom stereocenters. The van der Waals surface area contributed by atoms with Crippen LogP contribution in [0, 0.1) is 23.2 Å². The number of thiazole rings is 1. The third-order valence-electron chi connectivity index (χ3n) is 11.9. The van der Waals surface area contributed by atoms with Crippen molar-refractivity contribution < 1.29 is 29.0 Å². The average molecular weight is 785 g/mol. The maximum absolute atomic E-state index is 14.2. The summed E-state index contributed by atoms with van der Waals surface area (Å²) in [5.41, 5.74) is 8.25. The number of methoxy groups -OCH3 is 1. The fraction of sp³-hybridized carbons (Fsp3) is 0.558. The Morgan fingerprint density at radius 3 is 2.70 bits per heavy atom. The zero-order valence-corrected chi connectivity index (χ0v) is 34.7. The number of aromatic nitrogens is 3. The van der Waals surface area contributed by atoms with Crippen LogP contribution in [0.3, 0.4) is 0 Å². The standard InChI is InChI=1S/C43H56N6O6S/c1-24-25(2)36(24)39(50)46-32-20-35-45-33(22-56-35)27-13-14-34-29(19-27)30(21-42(4,5)23-55-41(52)31-12-10-17-49(47-31)40(32)51)38(48(34)18-15-43(6,7)53)28-11-9-16-44-37(28)26(3)54-8/h9,11,13-14,16,19,22,24-26,31-32,36,47,53H,10,12,15,17-18,20-21,23H2,1-8H3,(H,46,50)/t24-,25+,26-,31-,32-,36+/m0/s1. The van der Waals surface area contributed by atoms with Gasteiger partial charge in [-0.05, 0) is 88.1 Å². The summed E-state index contributed by atoms with van der Waals surface area (Å²) in [5.74, 6) is -0.460. The first-order chi connectivity index (χ1) is 26.5. The van der Waals surface area contributed by atoms with E-state index in [0.29, 0.717) is 38.8 Å². The minimum absolute atomic E-state index is 0.128. The molecular weight excluding hydrogens is 729 g/mol. The van der Waals surface area contributed by atoms with Gasteiger partial charge in [-0.3, -0.25) is 24.4 Å². The van der Waals surface area contributed by atoms with Crippen LogP contribution < -0.4 is 10.7 Å². The van der Waals surface area contributed by atoms with Crippen molar-refractivity contribution >= 4 is 40.0 Å². The summed E-state index contributed by atoms with van der Waals surface area (Å²) in [6, 6.07) is 8.82. The van der Waals surface area contributed by atoms with Crippen LogP contribution in [0.5, 0.6) is 0 Å². The molecule has 1 saturated carbocycles. The van der Waals surface area contributed by atoms with Gasteiger partial charge in [-0.25, -0.2) is 10.4 Å². The van der Waals surface area contributed by atoms with E-state index in [4.69, 9.17) is 19.4 Å². The van der Waals surface area contributed by atoms with Crippen molar-refractivity contribution in [2.24, 2.45) is 23.2 Å². The smallest absolute Gasteiger partial charge is 0.324 e. The average Bonchev–Trinajstić information content (AvgIpc) is 3.44. The van der Waals surface area contributed by atoms with Gasteiger partial charge in [-0.15, -0.1) is 11.3 Å². The maximum atomic E-state index is 14.2. The quantitative estimate of drug-likeness (QED) is 0.177. The molecule has 2 amide bonds. The molecule has 0 radical (unpaired) electrons. The van der Waals surface area contributed by atoms with Crippen molar-refractivity contribution in [2.45, 2.75) is 111 Å². The lowest BCUT2D eigenvalue weighted by Gasteiger charge is -2.35. The Bertz CT molecular complexity index is 2110. The van der Waals surface area contributed by atoms with Crippen LogP contribution in [-0.4, -0.2) is 80.4 Å². The molecule has 7 rings (SSSR count). The number of nitrogens with one attached hydrogen (secondary N) is 2. The first-order valence-corrected chi connectivity index (χ1v) is 20.8. The number of amides is 2. The molecule has 2 aliphatic heterocycles. The summed E-state index contributed by atoms with van der Waals surface area (Å²) >= 11 is 1.46. The van der Waals surface area contributed by atoms with Crippen molar-refractivity contribution in [1.82, 2.24) is 30.3 Å². The van der Waals surface area contributed by atoms with E-state index < -0.39 is 29.1 Å². The predicted molar refractivity (Wildman–Crippen MR) is 216 cm³/mol. The zero-order valence-electron chi connectivity index (χ0n) is 33.8. The maximum Gasteiger partial charge on any atom is 0.324 e. The van der Waals surface area contributed by atoms with Crippen molar-refractivity contribution in [2.75, 3.05) is 20.3 Å². The van der Waals surface area contributed by atoms with E-state index >= 15 is 0 Å². The molecule has 4 aromatic rings. The van der Waals surface area contributed by atoms with E-state index in [-0.39, 0.29) is 48.7 Å². The molecule has 56 heavy (non-hydrogen) atoms. The summed E-state index contributed by atoms with van der Waals surface area (Å²) in [5, 5.41) is 19.3. The lowest BCUT2D eigenvalue weighted by molar-refractivity contribution is -0.155. The number of hydrogen-bond acceptors (Lipinski definition) is 10. The second-order valence-corrected chi connectivity index (χ2v) is 18.4. The second kappa shape index (κ2) is 15.6. The number of pyridine rings is 1. The van der Waals surface area contributed by atoms with Gasteiger partial charge in [-0.1, -0.05) is 33.8 Å². The number of fused-ring (bicyclic) bond motifs is 6. The molecule has 2 fully saturated rings. The molecule has 6 atom stereocenters. The summed E-state index contributed by atoms with van der Waals surface area (Å²) in [4.78, 5) is 51.2. The number of hydrogen-bond donors (Lipinski definition) is 3. The molecule has 12 nitrogen and oxygen atoms in total. The number of nitrogens with zero attached hydrogens (tertiary/aromatic N) is 4. The number of aliphatic hydroxyl groups is 1. The number of ether oxygens (including phenoxy) is 2. The lowest BCUT2D eigenvalue weighted by atomic mass is 9.84. The van der Waals surface area contributed by atoms with E-state index in [1.807, 2.05) is 32.2 Å². The number of carbonyl (C=O) groups is 3. The van der Waals surface area contributed by atoms with Crippen molar-refractivity contribution in [3.8, 4) is 22.5 Å².